The molecule has 15 heavy (non-hydrogen) atoms. The fourth-order valence-corrected chi connectivity index (χ4v) is 1.63. The van der Waals surface area contributed by atoms with Crippen LogP contribution in [0.3, 0.4) is 0 Å². The lowest BCUT2D eigenvalue weighted by Crippen LogP contribution is -2.05. The predicted octanol–water partition coefficient (Wildman–Crippen LogP) is 2.53. The first-order valence-electron chi connectivity index (χ1n) is 5.01. The van der Waals surface area contributed by atoms with Crippen molar-refractivity contribution in [1.82, 2.24) is 4.98 Å². The zero-order valence-corrected chi connectivity index (χ0v) is 8.60. The molecule has 0 bridgehead atoms. The van der Waals surface area contributed by atoms with Crippen LogP contribution in [0.4, 0.5) is 0 Å². The van der Waals surface area contributed by atoms with Crippen molar-refractivity contribution < 1.29 is 0 Å². The molecule has 0 fully saturated rings. The quantitative estimate of drug-likeness (QED) is 0.792. The molecule has 0 amide bonds. The lowest BCUT2D eigenvalue weighted by molar-refractivity contribution is 0.908. The van der Waals surface area contributed by atoms with Gasteiger partial charge in [-0.2, -0.15) is 0 Å². The second kappa shape index (κ2) is 4.13. The summed E-state index contributed by atoms with van der Waals surface area (Å²) in [4.78, 5) is 13.6. The summed E-state index contributed by atoms with van der Waals surface area (Å²) in [6.07, 6.45) is 1.78. The lowest BCUT2D eigenvalue weighted by atomic mass is 9.95. The Morgan fingerprint density at radius 2 is 1.73 bits per heavy atom. The fraction of sp³-hybridized carbons (Fsp3) is 0.154. The van der Waals surface area contributed by atoms with Crippen LogP contribution < -0.4 is 5.56 Å². The molecule has 1 N–H and O–H groups in total. The van der Waals surface area contributed by atoms with Crippen molar-refractivity contribution >= 4 is 0 Å². The molecule has 76 valence electrons. The maximum atomic E-state index is 10.9. The van der Waals surface area contributed by atoms with Gasteiger partial charge in [0.2, 0.25) is 5.56 Å². The Morgan fingerprint density at radius 3 is 2.33 bits per heavy atom. The highest BCUT2D eigenvalue weighted by Crippen LogP contribution is 2.21. The zero-order chi connectivity index (χ0) is 10.7. The van der Waals surface area contributed by atoms with Gasteiger partial charge in [-0.3, -0.25) is 4.79 Å². The third kappa shape index (κ3) is 2.15. The molecular weight excluding hydrogens is 186 g/mol. The number of aromatic nitrogens is 1. The van der Waals surface area contributed by atoms with Gasteiger partial charge in [-0.1, -0.05) is 43.3 Å². The number of hydrogen-bond donors (Lipinski definition) is 1. The number of benzene rings is 1. The van der Waals surface area contributed by atoms with Gasteiger partial charge in [0.25, 0.3) is 0 Å². The van der Waals surface area contributed by atoms with E-state index in [2.05, 4.69) is 24.0 Å². The molecule has 2 heteroatoms. The number of aromatic amines is 1. The van der Waals surface area contributed by atoms with Crippen LogP contribution in [0.25, 0.3) is 0 Å². The molecule has 0 saturated carbocycles. The smallest absolute Gasteiger partial charge is 0.247 e. The van der Waals surface area contributed by atoms with E-state index in [-0.39, 0.29) is 5.56 Å². The number of hydrogen-bond acceptors (Lipinski definition) is 1. The average Bonchev–Trinajstić information content (AvgIpc) is 2.30. The summed E-state index contributed by atoms with van der Waals surface area (Å²) in [6.45, 7) is 2.13. The fourth-order valence-electron chi connectivity index (χ4n) is 1.63. The van der Waals surface area contributed by atoms with Gasteiger partial charge in [0, 0.05) is 18.2 Å². The van der Waals surface area contributed by atoms with Gasteiger partial charge in [-0.25, -0.2) is 0 Å². The molecule has 0 aliphatic heterocycles. The number of H-pyrrole nitrogens is 1. The van der Waals surface area contributed by atoms with E-state index in [1.165, 1.54) is 5.56 Å². The Hall–Kier alpha value is -1.83. The number of rotatable bonds is 2. The molecule has 0 radical (unpaired) electrons. The summed E-state index contributed by atoms with van der Waals surface area (Å²) >= 11 is 0. The molecule has 1 aromatic heterocycles. The highest BCUT2D eigenvalue weighted by molar-refractivity contribution is 5.29. The van der Waals surface area contributed by atoms with Crippen molar-refractivity contribution in [3.8, 4) is 0 Å². The van der Waals surface area contributed by atoms with E-state index in [4.69, 9.17) is 0 Å². The molecule has 0 saturated heterocycles. The molecule has 1 atom stereocenters. The van der Waals surface area contributed by atoms with Crippen LogP contribution in [0.1, 0.15) is 24.0 Å². The summed E-state index contributed by atoms with van der Waals surface area (Å²) in [5.41, 5.74) is 2.32. The molecule has 2 nitrogen and oxygen atoms in total. The Labute approximate surface area is 88.6 Å². The van der Waals surface area contributed by atoms with Gasteiger partial charge >= 0.3 is 0 Å². The van der Waals surface area contributed by atoms with Gasteiger partial charge in [-0.05, 0) is 11.1 Å². The highest BCUT2D eigenvalue weighted by Gasteiger charge is 2.06. The zero-order valence-electron chi connectivity index (χ0n) is 8.60. The standard InChI is InChI=1S/C13H13NO/c1-10(11-5-3-2-4-6-11)12-7-8-13(15)14-9-12/h2-10H,1H3,(H,14,15). The SMILES string of the molecule is CC(c1ccccc1)c1ccc(=O)[nH]c1. The molecule has 2 rings (SSSR count). The Balaban J connectivity index is 2.32. The number of pyridine rings is 1. The number of nitrogens with one attached hydrogen (secondary N) is 1. The summed E-state index contributed by atoms with van der Waals surface area (Å²) in [5.74, 6) is 0.308. The van der Waals surface area contributed by atoms with Gasteiger partial charge in [0.15, 0.2) is 0 Å². The maximum Gasteiger partial charge on any atom is 0.247 e. The van der Waals surface area contributed by atoms with Crippen molar-refractivity contribution in [3.05, 3.63) is 70.1 Å². The minimum atomic E-state index is -0.0565. The maximum absolute atomic E-state index is 10.9. The average molecular weight is 199 g/mol. The summed E-state index contributed by atoms with van der Waals surface area (Å²) in [7, 11) is 0. The van der Waals surface area contributed by atoms with Crippen LogP contribution in [-0.2, 0) is 0 Å². The Kier molecular flexibility index (Phi) is 2.68. The van der Waals surface area contributed by atoms with Crippen LogP contribution in [0.5, 0.6) is 0 Å². The topological polar surface area (TPSA) is 32.9 Å². The van der Waals surface area contributed by atoms with E-state index >= 15 is 0 Å². The van der Waals surface area contributed by atoms with Gasteiger partial charge in [0.05, 0.1) is 0 Å². The predicted molar refractivity (Wildman–Crippen MR) is 61.0 cm³/mol. The van der Waals surface area contributed by atoms with Crippen LogP contribution in [0, 0.1) is 0 Å². The minimum Gasteiger partial charge on any atom is -0.329 e. The van der Waals surface area contributed by atoms with Gasteiger partial charge in [0.1, 0.15) is 0 Å². The second-order valence-corrected chi connectivity index (χ2v) is 3.62. The first kappa shape index (κ1) is 9.71. The molecule has 2 aromatic rings. The first-order chi connectivity index (χ1) is 7.27. The molecule has 1 unspecified atom stereocenters. The van der Waals surface area contributed by atoms with Crippen molar-refractivity contribution in [1.29, 1.82) is 0 Å². The van der Waals surface area contributed by atoms with E-state index in [0.29, 0.717) is 5.92 Å². The molecular formula is C13H13NO. The van der Waals surface area contributed by atoms with Crippen LogP contribution >= 0.6 is 0 Å². The van der Waals surface area contributed by atoms with E-state index < -0.39 is 0 Å². The molecule has 0 aliphatic carbocycles. The van der Waals surface area contributed by atoms with Crippen molar-refractivity contribution in [2.45, 2.75) is 12.8 Å². The summed E-state index contributed by atoms with van der Waals surface area (Å²) in [5, 5.41) is 0. The minimum absolute atomic E-state index is 0.0565. The van der Waals surface area contributed by atoms with E-state index in [1.807, 2.05) is 24.3 Å². The summed E-state index contributed by atoms with van der Waals surface area (Å²) < 4.78 is 0. The highest BCUT2D eigenvalue weighted by atomic mass is 16.1. The van der Waals surface area contributed by atoms with E-state index in [9.17, 15) is 4.79 Å². The normalized spacial score (nSPS) is 12.3. The van der Waals surface area contributed by atoms with E-state index in [0.717, 1.165) is 5.56 Å². The van der Waals surface area contributed by atoms with Gasteiger partial charge in [-0.15, -0.1) is 0 Å². The van der Waals surface area contributed by atoms with Crippen molar-refractivity contribution in [2.24, 2.45) is 0 Å². The Bertz CT molecular complexity index is 467. The van der Waals surface area contributed by atoms with Crippen LogP contribution in [0.15, 0.2) is 53.5 Å². The third-order valence-electron chi connectivity index (χ3n) is 2.61. The van der Waals surface area contributed by atoms with Crippen LogP contribution in [-0.4, -0.2) is 4.98 Å². The van der Waals surface area contributed by atoms with Gasteiger partial charge < -0.3 is 4.98 Å². The second-order valence-electron chi connectivity index (χ2n) is 3.62. The first-order valence-corrected chi connectivity index (χ1v) is 5.01. The van der Waals surface area contributed by atoms with Crippen molar-refractivity contribution in [2.75, 3.05) is 0 Å². The lowest BCUT2D eigenvalue weighted by Gasteiger charge is -2.11. The Morgan fingerprint density at radius 1 is 1.00 bits per heavy atom. The third-order valence-corrected chi connectivity index (χ3v) is 2.61. The monoisotopic (exact) mass is 199 g/mol. The molecule has 0 spiro atoms. The molecule has 0 aliphatic rings. The molecule has 1 aromatic carbocycles. The van der Waals surface area contributed by atoms with Crippen molar-refractivity contribution in [3.63, 3.8) is 0 Å². The molecule has 1 heterocycles. The largest absolute Gasteiger partial charge is 0.329 e. The summed E-state index contributed by atoms with van der Waals surface area (Å²) in [6, 6.07) is 13.7. The van der Waals surface area contributed by atoms with Crippen LogP contribution in [0.2, 0.25) is 0 Å². The van der Waals surface area contributed by atoms with E-state index in [1.54, 1.807) is 12.3 Å².